The van der Waals surface area contributed by atoms with Gasteiger partial charge in [-0.05, 0) is 33.2 Å². The van der Waals surface area contributed by atoms with Crippen LogP contribution in [0, 0.1) is 0 Å². The molecule has 0 saturated carbocycles. The van der Waals surface area contributed by atoms with E-state index in [9.17, 15) is 4.79 Å². The second kappa shape index (κ2) is 9.81. The predicted molar refractivity (Wildman–Crippen MR) is 80.6 cm³/mol. The molecule has 110 valence electrons. The highest BCUT2D eigenvalue weighted by Crippen LogP contribution is 2.13. The number of nitrogens with two attached hydrogens (primary N) is 1. The Bertz CT molecular complexity index is 365. The first-order chi connectivity index (χ1) is 8.65. The number of aromatic nitrogens is 2. The van der Waals surface area contributed by atoms with Crippen molar-refractivity contribution in [2.24, 2.45) is 5.73 Å². The monoisotopic (exact) mass is 288 g/mol. The molecule has 0 bridgehead atoms. The molecule has 1 heterocycles. The third-order valence-corrected chi connectivity index (χ3v) is 2.78. The summed E-state index contributed by atoms with van der Waals surface area (Å²) >= 11 is 0. The maximum Gasteiger partial charge on any atom is 0.225 e. The zero-order valence-corrected chi connectivity index (χ0v) is 12.6. The van der Waals surface area contributed by atoms with Gasteiger partial charge in [-0.1, -0.05) is 12.8 Å². The van der Waals surface area contributed by atoms with Crippen LogP contribution in [0.1, 0.15) is 52.0 Å². The number of rotatable bonds is 8. The van der Waals surface area contributed by atoms with Gasteiger partial charge in [0.2, 0.25) is 5.91 Å². The van der Waals surface area contributed by atoms with E-state index in [-0.39, 0.29) is 24.4 Å². The second-order valence-electron chi connectivity index (χ2n) is 4.76. The van der Waals surface area contributed by atoms with Crippen LogP contribution in [-0.4, -0.2) is 22.2 Å². The molecule has 0 fully saturated rings. The SMILES string of the molecule is CC(C)n1nccc1NC(=O)CCCCCCN.Cl. The van der Waals surface area contributed by atoms with Crippen molar-refractivity contribution in [3.8, 4) is 0 Å². The number of carbonyl (C=O) groups is 1. The molecule has 0 radical (unpaired) electrons. The topological polar surface area (TPSA) is 72.9 Å². The Morgan fingerprint density at radius 2 is 2.05 bits per heavy atom. The molecule has 0 atom stereocenters. The van der Waals surface area contributed by atoms with Gasteiger partial charge in [0, 0.05) is 18.5 Å². The summed E-state index contributed by atoms with van der Waals surface area (Å²) in [5.74, 6) is 0.835. The normalized spacial score (nSPS) is 10.3. The summed E-state index contributed by atoms with van der Waals surface area (Å²) in [7, 11) is 0. The molecule has 1 rings (SSSR count). The van der Waals surface area contributed by atoms with Crippen LogP contribution in [0.25, 0.3) is 0 Å². The van der Waals surface area contributed by atoms with Crippen LogP contribution in [0.15, 0.2) is 12.3 Å². The van der Waals surface area contributed by atoms with Crippen molar-refractivity contribution in [2.75, 3.05) is 11.9 Å². The maximum atomic E-state index is 11.7. The molecule has 6 heteroatoms. The van der Waals surface area contributed by atoms with Gasteiger partial charge in [-0.15, -0.1) is 12.4 Å². The van der Waals surface area contributed by atoms with E-state index in [2.05, 4.69) is 10.4 Å². The lowest BCUT2D eigenvalue weighted by atomic mass is 10.1. The molecule has 0 spiro atoms. The van der Waals surface area contributed by atoms with Gasteiger partial charge < -0.3 is 11.1 Å². The summed E-state index contributed by atoms with van der Waals surface area (Å²) in [4.78, 5) is 11.7. The summed E-state index contributed by atoms with van der Waals surface area (Å²) < 4.78 is 1.81. The van der Waals surface area contributed by atoms with Crippen molar-refractivity contribution >= 4 is 24.1 Å². The predicted octanol–water partition coefficient (Wildman–Crippen LogP) is 2.73. The quantitative estimate of drug-likeness (QED) is 0.723. The molecule has 3 N–H and O–H groups in total. The van der Waals surface area contributed by atoms with Crippen LogP contribution in [0.2, 0.25) is 0 Å². The first-order valence-corrected chi connectivity index (χ1v) is 6.68. The molecule has 0 aliphatic rings. The van der Waals surface area contributed by atoms with E-state index >= 15 is 0 Å². The number of anilines is 1. The molecule has 0 aliphatic heterocycles. The Labute approximate surface area is 121 Å². The fraction of sp³-hybridized carbons (Fsp3) is 0.692. The van der Waals surface area contributed by atoms with Gasteiger partial charge in [0.1, 0.15) is 5.82 Å². The second-order valence-corrected chi connectivity index (χ2v) is 4.76. The number of carbonyl (C=O) groups excluding carboxylic acids is 1. The average molecular weight is 289 g/mol. The number of unbranched alkanes of at least 4 members (excludes halogenated alkanes) is 3. The fourth-order valence-corrected chi connectivity index (χ4v) is 1.81. The number of hydrogen-bond donors (Lipinski definition) is 2. The van der Waals surface area contributed by atoms with Gasteiger partial charge in [0.25, 0.3) is 0 Å². The number of amides is 1. The van der Waals surface area contributed by atoms with E-state index in [1.54, 1.807) is 6.20 Å². The third-order valence-electron chi connectivity index (χ3n) is 2.78. The lowest BCUT2D eigenvalue weighted by Crippen LogP contribution is -2.16. The largest absolute Gasteiger partial charge is 0.330 e. The number of hydrogen-bond acceptors (Lipinski definition) is 3. The van der Waals surface area contributed by atoms with E-state index < -0.39 is 0 Å². The molecule has 0 aliphatic carbocycles. The van der Waals surface area contributed by atoms with Gasteiger partial charge >= 0.3 is 0 Å². The van der Waals surface area contributed by atoms with E-state index in [1.165, 1.54) is 0 Å². The fourth-order valence-electron chi connectivity index (χ4n) is 1.81. The minimum atomic E-state index is 0. The summed E-state index contributed by atoms with van der Waals surface area (Å²) in [6.07, 6.45) is 6.40. The van der Waals surface area contributed by atoms with E-state index in [0.717, 1.165) is 38.0 Å². The van der Waals surface area contributed by atoms with Crippen molar-refractivity contribution in [1.29, 1.82) is 0 Å². The van der Waals surface area contributed by atoms with Crippen LogP contribution in [0.3, 0.4) is 0 Å². The summed E-state index contributed by atoms with van der Waals surface area (Å²) in [6, 6.07) is 2.08. The van der Waals surface area contributed by atoms with Crippen LogP contribution in [0.4, 0.5) is 5.82 Å². The summed E-state index contributed by atoms with van der Waals surface area (Å²) in [6.45, 7) is 4.81. The number of nitrogens with one attached hydrogen (secondary N) is 1. The molecular formula is C13H25ClN4O. The zero-order valence-electron chi connectivity index (χ0n) is 11.8. The Morgan fingerprint density at radius 3 is 2.68 bits per heavy atom. The van der Waals surface area contributed by atoms with E-state index in [0.29, 0.717) is 6.42 Å². The lowest BCUT2D eigenvalue weighted by Gasteiger charge is -2.11. The van der Waals surface area contributed by atoms with Gasteiger partial charge in [-0.3, -0.25) is 4.79 Å². The molecule has 19 heavy (non-hydrogen) atoms. The molecule has 5 nitrogen and oxygen atoms in total. The number of halogens is 1. The lowest BCUT2D eigenvalue weighted by molar-refractivity contribution is -0.116. The van der Waals surface area contributed by atoms with Crippen LogP contribution >= 0.6 is 12.4 Å². The molecule has 0 unspecified atom stereocenters. The van der Waals surface area contributed by atoms with Crippen molar-refractivity contribution in [2.45, 2.75) is 52.0 Å². The molecule has 0 aromatic carbocycles. The molecule has 0 saturated heterocycles. The highest BCUT2D eigenvalue weighted by molar-refractivity contribution is 5.89. The van der Waals surface area contributed by atoms with Crippen LogP contribution < -0.4 is 11.1 Å². The van der Waals surface area contributed by atoms with Crippen molar-refractivity contribution in [3.63, 3.8) is 0 Å². The highest BCUT2D eigenvalue weighted by Gasteiger charge is 2.08. The zero-order chi connectivity index (χ0) is 13.4. The first-order valence-electron chi connectivity index (χ1n) is 6.68. The Hall–Kier alpha value is -1.07. The first kappa shape index (κ1) is 17.9. The van der Waals surface area contributed by atoms with Crippen LogP contribution in [-0.2, 0) is 4.79 Å². The minimum absolute atomic E-state index is 0. The van der Waals surface area contributed by atoms with Crippen molar-refractivity contribution in [3.05, 3.63) is 12.3 Å². The van der Waals surface area contributed by atoms with Gasteiger partial charge in [0.15, 0.2) is 0 Å². The Balaban J connectivity index is 0.00000324. The smallest absolute Gasteiger partial charge is 0.225 e. The minimum Gasteiger partial charge on any atom is -0.330 e. The van der Waals surface area contributed by atoms with E-state index in [4.69, 9.17) is 5.73 Å². The van der Waals surface area contributed by atoms with Gasteiger partial charge in [0.05, 0.1) is 6.20 Å². The third kappa shape index (κ3) is 6.59. The highest BCUT2D eigenvalue weighted by atomic mass is 35.5. The molecule has 1 aromatic heterocycles. The summed E-state index contributed by atoms with van der Waals surface area (Å²) in [5, 5.41) is 7.08. The van der Waals surface area contributed by atoms with Crippen molar-refractivity contribution in [1.82, 2.24) is 9.78 Å². The van der Waals surface area contributed by atoms with Crippen molar-refractivity contribution < 1.29 is 4.79 Å². The maximum absolute atomic E-state index is 11.7. The van der Waals surface area contributed by atoms with Gasteiger partial charge in [-0.25, -0.2) is 4.68 Å². The Kier molecular flexibility index (Phi) is 9.26. The van der Waals surface area contributed by atoms with E-state index in [1.807, 2.05) is 24.6 Å². The molecular weight excluding hydrogens is 264 g/mol. The Morgan fingerprint density at radius 1 is 1.37 bits per heavy atom. The number of nitrogens with zero attached hydrogens (tertiary/aromatic N) is 2. The molecule has 1 amide bonds. The van der Waals surface area contributed by atoms with Gasteiger partial charge in [-0.2, -0.15) is 5.10 Å². The van der Waals surface area contributed by atoms with Crippen LogP contribution in [0.5, 0.6) is 0 Å². The standard InChI is InChI=1S/C13H24N4O.ClH/c1-11(2)17-12(8-10-15-17)16-13(18)7-5-3-4-6-9-14;/h8,10-11H,3-7,9,14H2,1-2H3,(H,16,18);1H. The molecule has 1 aromatic rings. The average Bonchev–Trinajstić information content (AvgIpc) is 2.77. The summed E-state index contributed by atoms with van der Waals surface area (Å²) in [5.41, 5.74) is 5.42.